The van der Waals surface area contributed by atoms with Gasteiger partial charge in [-0.05, 0) is 80.6 Å². The Morgan fingerprint density at radius 3 is 2.27 bits per heavy atom. The molecule has 0 aliphatic heterocycles. The number of aliphatic carboxylic acids is 1. The summed E-state index contributed by atoms with van der Waals surface area (Å²) >= 11 is 0. The first kappa shape index (κ1) is 34.8. The Labute approximate surface area is 274 Å². The number of likely N-dealkylation sites (N-methyl/N-ethyl adjacent to an activating group) is 1. The predicted molar refractivity (Wildman–Crippen MR) is 166 cm³/mol. The first-order chi connectivity index (χ1) is 22.5. The van der Waals surface area contributed by atoms with Crippen molar-refractivity contribution in [2.45, 2.75) is 41.7 Å². The molecule has 2 saturated carbocycles. The fourth-order valence-corrected chi connectivity index (χ4v) is 7.64. The van der Waals surface area contributed by atoms with Crippen LogP contribution in [0.5, 0.6) is 5.75 Å². The zero-order valence-corrected chi connectivity index (χ0v) is 26.9. The number of amides is 2. The highest BCUT2D eigenvalue weighted by Gasteiger charge is 2.52. The Balaban J connectivity index is 1.39. The molecule has 3 aromatic carbocycles. The minimum atomic E-state index is -5.64. The summed E-state index contributed by atoms with van der Waals surface area (Å²) < 4.78 is 83.7. The van der Waals surface area contributed by atoms with Gasteiger partial charge in [-0.1, -0.05) is 30.3 Å². The highest BCUT2D eigenvalue weighted by Crippen LogP contribution is 2.49. The van der Waals surface area contributed by atoms with Crippen LogP contribution in [0.4, 0.5) is 23.2 Å². The zero-order valence-electron chi connectivity index (χ0n) is 26.0. The van der Waals surface area contributed by atoms with Crippen LogP contribution in [0.15, 0.2) is 65.6 Å². The Morgan fingerprint density at radius 2 is 1.67 bits per heavy atom. The summed E-state index contributed by atoms with van der Waals surface area (Å²) in [6.45, 7) is 0. The number of nitrogens with zero attached hydrogens (tertiary/aromatic N) is 1. The second kappa shape index (κ2) is 13.2. The molecule has 2 aliphatic carbocycles. The first-order valence-electron chi connectivity index (χ1n) is 14.9. The van der Waals surface area contributed by atoms with Gasteiger partial charge in [0.05, 0.1) is 23.5 Å². The number of rotatable bonds is 10. The molecule has 2 bridgehead atoms. The average molecular weight is 692 g/mol. The highest BCUT2D eigenvalue weighted by molar-refractivity contribution is 7.92. The van der Waals surface area contributed by atoms with E-state index in [4.69, 9.17) is 4.74 Å². The van der Waals surface area contributed by atoms with E-state index in [1.54, 1.807) is 38.4 Å². The second-order valence-corrected chi connectivity index (χ2v) is 14.1. The number of alkyl halides is 3. The van der Waals surface area contributed by atoms with Crippen LogP contribution in [0.1, 0.15) is 41.2 Å². The molecule has 48 heavy (non-hydrogen) atoms. The normalized spacial score (nSPS) is 21.2. The number of nitrogens with one attached hydrogen (secondary N) is 2. The molecule has 2 amide bonds. The van der Waals surface area contributed by atoms with Gasteiger partial charge in [-0.15, -0.1) is 0 Å². The van der Waals surface area contributed by atoms with Crippen LogP contribution in [0.3, 0.4) is 0 Å². The Morgan fingerprint density at radius 1 is 1.00 bits per heavy atom. The van der Waals surface area contributed by atoms with E-state index in [-0.39, 0.29) is 34.4 Å². The minimum absolute atomic E-state index is 0.0123. The van der Waals surface area contributed by atoms with E-state index in [1.165, 1.54) is 24.1 Å². The van der Waals surface area contributed by atoms with Gasteiger partial charge >= 0.3 is 11.5 Å². The molecule has 3 N–H and O–H groups in total. The molecule has 0 heterocycles. The Kier molecular flexibility index (Phi) is 9.57. The number of sulfone groups is 1. The molecule has 256 valence electrons. The molecular formula is C33H33F4N3O7S. The minimum Gasteiger partial charge on any atom is -0.496 e. The van der Waals surface area contributed by atoms with Crippen molar-refractivity contribution < 1.29 is 50.2 Å². The monoisotopic (exact) mass is 691 g/mol. The third-order valence-corrected chi connectivity index (χ3v) is 10.5. The largest absolute Gasteiger partial charge is 0.501 e. The van der Waals surface area contributed by atoms with Crippen LogP contribution in [-0.2, 0) is 19.4 Å². The number of halogens is 4. The van der Waals surface area contributed by atoms with Crippen molar-refractivity contribution in [3.05, 3.63) is 77.6 Å². The topological polar surface area (TPSA) is 142 Å². The van der Waals surface area contributed by atoms with Gasteiger partial charge in [0.25, 0.3) is 15.7 Å². The molecule has 5 atom stereocenters. The summed E-state index contributed by atoms with van der Waals surface area (Å²) in [7, 11) is -1.13. The van der Waals surface area contributed by atoms with E-state index in [1.807, 2.05) is 0 Å². The number of anilines is 1. The van der Waals surface area contributed by atoms with Crippen LogP contribution in [-0.4, -0.2) is 69.0 Å². The summed E-state index contributed by atoms with van der Waals surface area (Å²) in [4.78, 5) is 39.5. The molecule has 0 radical (unpaired) electrons. The smallest absolute Gasteiger partial charge is 0.496 e. The lowest BCUT2D eigenvalue weighted by atomic mass is 9.83. The maximum absolute atomic E-state index is 15.3. The van der Waals surface area contributed by atoms with E-state index in [0.717, 1.165) is 30.7 Å². The van der Waals surface area contributed by atoms with Gasteiger partial charge in [0.1, 0.15) is 17.6 Å². The van der Waals surface area contributed by atoms with Crippen molar-refractivity contribution in [3.63, 3.8) is 0 Å². The second-order valence-electron chi connectivity index (χ2n) is 12.2. The van der Waals surface area contributed by atoms with Crippen LogP contribution < -0.4 is 15.4 Å². The predicted octanol–water partition coefficient (Wildman–Crippen LogP) is 5.27. The Bertz CT molecular complexity index is 1850. The number of benzene rings is 3. The van der Waals surface area contributed by atoms with Gasteiger partial charge in [0.2, 0.25) is 5.91 Å². The van der Waals surface area contributed by atoms with Gasteiger partial charge in [-0.3, -0.25) is 19.3 Å². The molecular weight excluding hydrogens is 658 g/mol. The molecule has 2 fully saturated rings. The summed E-state index contributed by atoms with van der Waals surface area (Å²) in [6.07, 6.45) is 2.03. The quantitative estimate of drug-likeness (QED) is 0.245. The number of carbonyl (C=O) groups is 3. The molecule has 10 nitrogen and oxygen atoms in total. The van der Waals surface area contributed by atoms with Gasteiger partial charge in [-0.2, -0.15) is 13.2 Å². The first-order valence-corrected chi connectivity index (χ1v) is 16.4. The highest BCUT2D eigenvalue weighted by atomic mass is 32.2. The van der Waals surface area contributed by atoms with E-state index in [0.29, 0.717) is 24.0 Å². The molecule has 3 aromatic rings. The van der Waals surface area contributed by atoms with Crippen molar-refractivity contribution in [3.8, 4) is 16.9 Å². The number of carboxylic acids is 1. The number of fused-ring (bicyclic) bond motifs is 2. The SMILES string of the molecule is COc1cc(F)c(-c2ccc([C@H](C(=O)O)N(C)C)cc2)cc1C(=O)N[C@@H]1[C@H]2CC[C@H](C2)[C@@H]1C(=O)Nc1cccc(S(=O)(=O)C(F)(F)F)c1. The van der Waals surface area contributed by atoms with Crippen LogP contribution in [0.2, 0.25) is 0 Å². The number of carboxylic acid groups (broad SMARTS) is 1. The molecule has 15 heteroatoms. The van der Waals surface area contributed by atoms with Crippen molar-refractivity contribution in [1.82, 2.24) is 10.2 Å². The number of methoxy groups -OCH3 is 1. The number of carbonyl (C=O) groups excluding carboxylic acids is 2. The van der Waals surface area contributed by atoms with E-state index >= 15 is 4.39 Å². The summed E-state index contributed by atoms with van der Waals surface area (Å²) in [5, 5.41) is 15.0. The van der Waals surface area contributed by atoms with Crippen molar-refractivity contribution in [2.75, 3.05) is 26.5 Å². The van der Waals surface area contributed by atoms with E-state index in [2.05, 4.69) is 10.6 Å². The van der Waals surface area contributed by atoms with Crippen LogP contribution >= 0.6 is 0 Å². The lowest BCUT2D eigenvalue weighted by Crippen LogP contribution is -2.48. The zero-order chi connectivity index (χ0) is 35.1. The maximum Gasteiger partial charge on any atom is 0.501 e. The average Bonchev–Trinajstić information content (AvgIpc) is 3.62. The van der Waals surface area contributed by atoms with Crippen molar-refractivity contribution >= 4 is 33.3 Å². The van der Waals surface area contributed by atoms with E-state index in [9.17, 15) is 41.1 Å². The molecule has 0 aromatic heterocycles. The molecule has 2 aliphatic rings. The number of hydrogen-bond donors (Lipinski definition) is 3. The van der Waals surface area contributed by atoms with E-state index < -0.39 is 61.8 Å². The van der Waals surface area contributed by atoms with Crippen LogP contribution in [0.25, 0.3) is 11.1 Å². The Hall–Kier alpha value is -4.50. The fraction of sp³-hybridized carbons (Fsp3) is 0.364. The standard InChI is InChI=1S/C33H33F4N3O7S/c1-40(2)29(32(43)44)18-9-7-17(8-10-18)23-15-24(26(47-3)16-25(23)34)30(41)39-28-20-12-11-19(13-20)27(28)31(42)38-21-5-4-6-22(14-21)48(45,46)33(35,36)37/h4-10,14-16,19-20,27-29H,11-13H2,1-3H3,(H,38,42)(H,39,41)(H,43,44)/t19-,20+,27+,28-,29-/m1/s1. The van der Waals surface area contributed by atoms with Gasteiger partial charge in [0, 0.05) is 23.4 Å². The number of hydrogen-bond acceptors (Lipinski definition) is 7. The maximum atomic E-state index is 15.3. The number of ether oxygens (including phenoxy) is 1. The molecule has 0 unspecified atom stereocenters. The third-order valence-electron chi connectivity index (χ3n) is 9.06. The molecule has 0 spiro atoms. The van der Waals surface area contributed by atoms with Gasteiger partial charge < -0.3 is 20.5 Å². The van der Waals surface area contributed by atoms with Crippen molar-refractivity contribution in [1.29, 1.82) is 0 Å². The van der Waals surface area contributed by atoms with Crippen molar-refractivity contribution in [2.24, 2.45) is 17.8 Å². The molecule has 0 saturated heterocycles. The lowest BCUT2D eigenvalue weighted by Gasteiger charge is -2.31. The van der Waals surface area contributed by atoms with Gasteiger partial charge in [0.15, 0.2) is 0 Å². The summed E-state index contributed by atoms with van der Waals surface area (Å²) in [5.74, 6) is -4.02. The summed E-state index contributed by atoms with van der Waals surface area (Å²) in [5.41, 5.74) is -4.77. The molecule has 5 rings (SSSR count). The third kappa shape index (κ3) is 6.61. The van der Waals surface area contributed by atoms with Gasteiger partial charge in [-0.25, -0.2) is 12.8 Å². The lowest BCUT2D eigenvalue weighted by molar-refractivity contribution is -0.142. The van der Waals surface area contributed by atoms with Crippen LogP contribution in [0, 0.1) is 23.6 Å². The summed E-state index contributed by atoms with van der Waals surface area (Å²) in [6, 6.07) is 10.9. The fourth-order valence-electron chi connectivity index (χ4n) is 6.83.